The number of aliphatic hydroxyl groups is 3. The zero-order valence-electron chi connectivity index (χ0n) is 34.9. The summed E-state index contributed by atoms with van der Waals surface area (Å²) in [5.74, 6) is -6.64. The highest BCUT2D eigenvalue weighted by Gasteiger charge is 2.78. The summed E-state index contributed by atoms with van der Waals surface area (Å²) < 4.78 is 35.6. The van der Waals surface area contributed by atoms with Gasteiger partial charge in [0.25, 0.3) is 0 Å². The maximum Gasteiger partial charge on any atom is 0.338 e. The fourth-order valence-electron chi connectivity index (χ4n) is 9.92. The zero-order chi connectivity index (χ0) is 43.9. The first-order valence-electron chi connectivity index (χ1n) is 20.4. The van der Waals surface area contributed by atoms with Crippen molar-refractivity contribution in [1.82, 2.24) is 5.32 Å². The van der Waals surface area contributed by atoms with Gasteiger partial charge in [0, 0.05) is 38.5 Å². The van der Waals surface area contributed by atoms with E-state index in [1.807, 2.05) is 6.92 Å². The number of aliphatic hydroxyl groups excluding tert-OH is 2. The minimum Gasteiger partial charge on any atom is -0.467 e. The van der Waals surface area contributed by atoms with E-state index in [1.165, 1.54) is 44.4 Å². The molecule has 1 aliphatic heterocycles. The second-order valence-corrected chi connectivity index (χ2v) is 17.1. The molecule has 326 valence electrons. The quantitative estimate of drug-likeness (QED) is 0.0977. The van der Waals surface area contributed by atoms with E-state index in [0.717, 1.165) is 26.7 Å². The van der Waals surface area contributed by atoms with Crippen molar-refractivity contribution >= 4 is 35.6 Å². The van der Waals surface area contributed by atoms with Gasteiger partial charge in [0.05, 0.1) is 35.9 Å². The molecule has 6 rings (SSSR count). The summed E-state index contributed by atoms with van der Waals surface area (Å²) in [6.07, 6.45) is -6.86. The highest BCUT2D eigenvalue weighted by molar-refractivity contribution is 5.95. The monoisotopic (exact) mass is 837 g/mol. The molecule has 3 fully saturated rings. The predicted octanol–water partition coefficient (Wildman–Crippen LogP) is 3.60. The number of carbonyl (C=O) groups is 6. The average Bonchev–Trinajstić information content (AvgIpc) is 3.73. The first kappa shape index (κ1) is 44.6. The van der Waals surface area contributed by atoms with Crippen LogP contribution in [0.4, 0.5) is 0 Å². The number of nitrogens with one attached hydrogen (secondary N) is 1. The fourth-order valence-corrected chi connectivity index (χ4v) is 9.92. The second-order valence-electron chi connectivity index (χ2n) is 17.1. The molecule has 1 aromatic carbocycles. The van der Waals surface area contributed by atoms with Crippen molar-refractivity contribution < 1.29 is 72.2 Å². The van der Waals surface area contributed by atoms with Gasteiger partial charge in [-0.25, -0.2) is 9.59 Å². The van der Waals surface area contributed by atoms with Gasteiger partial charge in [-0.05, 0) is 55.7 Å². The van der Waals surface area contributed by atoms with Crippen LogP contribution in [0.2, 0.25) is 0 Å². The maximum atomic E-state index is 15.4. The maximum absolute atomic E-state index is 15.4. The molecular weight excluding hydrogens is 782 g/mol. The number of hydrogen-bond acceptors (Lipinski definition) is 15. The number of amides is 1. The van der Waals surface area contributed by atoms with Crippen LogP contribution in [-0.2, 0) is 47.7 Å². The largest absolute Gasteiger partial charge is 0.467 e. The van der Waals surface area contributed by atoms with E-state index >= 15 is 4.79 Å². The Morgan fingerprint density at radius 3 is 2.25 bits per heavy atom. The molecule has 1 amide bonds. The highest BCUT2D eigenvalue weighted by Crippen LogP contribution is 2.64. The van der Waals surface area contributed by atoms with Crippen molar-refractivity contribution in [2.75, 3.05) is 6.61 Å². The molecule has 1 saturated heterocycles. The Labute approximate surface area is 347 Å². The van der Waals surface area contributed by atoms with Gasteiger partial charge < -0.3 is 48.7 Å². The van der Waals surface area contributed by atoms with Crippen LogP contribution in [0.1, 0.15) is 109 Å². The molecule has 0 radical (unpaired) electrons. The lowest BCUT2D eigenvalue weighted by Crippen LogP contribution is -2.82. The lowest BCUT2D eigenvalue weighted by atomic mass is 9.44. The van der Waals surface area contributed by atoms with Crippen molar-refractivity contribution in [1.29, 1.82) is 0 Å². The van der Waals surface area contributed by atoms with Gasteiger partial charge in [0.2, 0.25) is 5.91 Å². The van der Waals surface area contributed by atoms with Crippen molar-refractivity contribution in [2.45, 2.75) is 141 Å². The number of Topliss-reactive ketones (excluding diaryl/α,β-unsaturated/α-hetero) is 1. The average molecular weight is 838 g/mol. The van der Waals surface area contributed by atoms with E-state index in [4.69, 9.17) is 28.1 Å². The standard InChI is InChI=1S/C44H55NO15/c1-8-9-11-18-31(49)45-33(27-17-14-19-55-27)34(50)40(53)58-28-21-44(54)38(59-39(52)26-15-12-10-13-16-26)36-42(7,29(48)20-30-43(36,22-56-30)60-25(4)47)37(51)35(57-24(3)46)32(23(28)2)41(44,5)6/h10,12-17,19,28-30,33-36,38,48,50,54H,8-9,11,18,20-22H2,1-7H3,(H,45,49)/t28-,29-,30+,33-,34+,35+,36-,38-,42+,43-,44+/m0/s1. The van der Waals surface area contributed by atoms with E-state index in [9.17, 15) is 39.3 Å². The van der Waals surface area contributed by atoms with Gasteiger partial charge >= 0.3 is 23.9 Å². The summed E-state index contributed by atoms with van der Waals surface area (Å²) in [5.41, 5.74) is -7.61. The van der Waals surface area contributed by atoms with E-state index in [2.05, 4.69) is 5.32 Å². The number of hydrogen-bond donors (Lipinski definition) is 4. The van der Waals surface area contributed by atoms with Crippen LogP contribution in [-0.4, -0.2) is 105 Å². The molecule has 4 N–H and O–H groups in total. The molecule has 4 aliphatic rings. The van der Waals surface area contributed by atoms with Crippen LogP contribution < -0.4 is 5.32 Å². The minimum atomic E-state index is -2.38. The van der Waals surface area contributed by atoms with Crippen molar-refractivity contribution in [3.8, 4) is 0 Å². The van der Waals surface area contributed by atoms with Gasteiger partial charge in [-0.1, -0.05) is 51.8 Å². The number of rotatable bonds is 13. The molecule has 0 unspecified atom stereocenters. The third kappa shape index (κ3) is 7.56. The van der Waals surface area contributed by atoms with Crippen LogP contribution in [0.15, 0.2) is 64.3 Å². The summed E-state index contributed by atoms with van der Waals surface area (Å²) in [6, 6.07) is 9.44. The van der Waals surface area contributed by atoms with E-state index < -0.39 is 113 Å². The molecule has 16 nitrogen and oxygen atoms in total. The number of esters is 4. The SMILES string of the molecule is CCCCCC(=O)N[C@@H](c1ccco1)[C@@H](O)C(=O)O[C@H]1C[C@@]2(O)[C@@H](OC(=O)c3ccccc3)[C@@H]3[C@]4(OC(C)=O)CO[C@@H]4C[C@H](O)[C@@]3(C)C(=O)[C@H](OC(C)=O)C(=C1C)C2(C)C. The summed E-state index contributed by atoms with van der Waals surface area (Å²) in [6.45, 7) is 9.94. The lowest BCUT2D eigenvalue weighted by molar-refractivity contribution is -0.346. The first-order chi connectivity index (χ1) is 28.2. The van der Waals surface area contributed by atoms with Crippen LogP contribution in [0.3, 0.4) is 0 Å². The number of ether oxygens (including phenoxy) is 5. The zero-order valence-corrected chi connectivity index (χ0v) is 34.9. The summed E-state index contributed by atoms with van der Waals surface area (Å²) in [7, 11) is 0. The van der Waals surface area contributed by atoms with E-state index in [0.29, 0.717) is 6.42 Å². The summed E-state index contributed by atoms with van der Waals surface area (Å²) in [5, 5.41) is 39.9. The summed E-state index contributed by atoms with van der Waals surface area (Å²) >= 11 is 0. The molecule has 2 saturated carbocycles. The molecule has 60 heavy (non-hydrogen) atoms. The Kier molecular flexibility index (Phi) is 12.6. The van der Waals surface area contributed by atoms with E-state index in [-0.39, 0.29) is 41.9 Å². The topological polar surface area (TPSA) is 234 Å². The normalized spacial score (nSPS) is 32.7. The third-order valence-electron chi connectivity index (χ3n) is 13.2. The number of ketones is 1. The van der Waals surface area contributed by atoms with Gasteiger partial charge in [0.15, 0.2) is 23.6 Å². The predicted molar refractivity (Wildman–Crippen MR) is 208 cm³/mol. The van der Waals surface area contributed by atoms with Crippen LogP contribution >= 0.6 is 0 Å². The van der Waals surface area contributed by atoms with Gasteiger partial charge in [-0.3, -0.25) is 19.2 Å². The van der Waals surface area contributed by atoms with Crippen LogP contribution in [0.5, 0.6) is 0 Å². The summed E-state index contributed by atoms with van der Waals surface area (Å²) in [4.78, 5) is 82.6. The lowest BCUT2D eigenvalue weighted by Gasteiger charge is -2.67. The molecular formula is C44H55NO15. The molecule has 11 atom stereocenters. The smallest absolute Gasteiger partial charge is 0.338 e. The number of benzene rings is 1. The number of fused-ring (bicyclic) bond motifs is 5. The van der Waals surface area contributed by atoms with Crippen molar-refractivity contribution in [2.24, 2.45) is 16.7 Å². The fraction of sp³-hybridized carbons (Fsp3) is 0.591. The van der Waals surface area contributed by atoms with Crippen LogP contribution in [0.25, 0.3) is 0 Å². The second kappa shape index (κ2) is 16.9. The van der Waals surface area contributed by atoms with Gasteiger partial charge in [0.1, 0.15) is 35.7 Å². The molecule has 2 bridgehead atoms. The molecule has 2 heterocycles. The third-order valence-corrected chi connectivity index (χ3v) is 13.2. The first-order valence-corrected chi connectivity index (χ1v) is 20.4. The van der Waals surface area contributed by atoms with Crippen LogP contribution in [0, 0.1) is 16.7 Å². The Bertz CT molecular complexity index is 2010. The number of carbonyl (C=O) groups excluding carboxylic acids is 6. The molecule has 16 heteroatoms. The van der Waals surface area contributed by atoms with Gasteiger partial charge in [-0.2, -0.15) is 0 Å². The molecule has 0 spiro atoms. The highest BCUT2D eigenvalue weighted by atomic mass is 16.6. The number of furan rings is 1. The van der Waals surface area contributed by atoms with Crippen molar-refractivity contribution in [3.05, 3.63) is 71.2 Å². The minimum absolute atomic E-state index is 0.00305. The van der Waals surface area contributed by atoms with Gasteiger partial charge in [-0.15, -0.1) is 0 Å². The Morgan fingerprint density at radius 2 is 1.67 bits per heavy atom. The Balaban J connectivity index is 1.52. The van der Waals surface area contributed by atoms with Crippen molar-refractivity contribution in [3.63, 3.8) is 0 Å². The van der Waals surface area contributed by atoms with E-state index in [1.54, 1.807) is 32.0 Å². The molecule has 2 aromatic rings. The number of unbranched alkanes of at least 4 members (excludes halogenated alkanes) is 2. The Hall–Kier alpha value is -4.90. The molecule has 3 aliphatic carbocycles. The molecule has 1 aromatic heterocycles. The Morgan fingerprint density at radius 1 is 0.967 bits per heavy atom.